The minimum Gasteiger partial charge on any atom is -0.484 e. The number of carbonyl (C=O) groups is 2. The van der Waals surface area contributed by atoms with Gasteiger partial charge in [-0.2, -0.15) is 0 Å². The van der Waals surface area contributed by atoms with Crippen molar-refractivity contribution in [2.24, 2.45) is 0 Å². The Hall–Kier alpha value is -3.82. The first-order valence-electron chi connectivity index (χ1n) is 11.5. The average molecular weight is 510 g/mol. The van der Waals surface area contributed by atoms with Gasteiger partial charge in [0.05, 0.1) is 13.2 Å². The summed E-state index contributed by atoms with van der Waals surface area (Å²) in [6, 6.07) is 11.7. The lowest BCUT2D eigenvalue weighted by Gasteiger charge is -2.30. The number of carbonyl (C=O) groups excluding carboxylic acids is 2. The molecule has 36 heavy (non-hydrogen) atoms. The molecule has 186 valence electrons. The molecule has 2 amide bonds. The normalized spacial score (nSPS) is 14.0. The smallest absolute Gasteiger partial charge is 0.355 e. The molecule has 4 aromatic rings. The van der Waals surface area contributed by atoms with Gasteiger partial charge in [0.25, 0.3) is 5.91 Å². The van der Waals surface area contributed by atoms with Crippen LogP contribution in [0.3, 0.4) is 0 Å². The van der Waals surface area contributed by atoms with Crippen LogP contribution in [0.25, 0.3) is 21.9 Å². The van der Waals surface area contributed by atoms with Crippen molar-refractivity contribution in [1.29, 1.82) is 0 Å². The number of amides is 2. The van der Waals surface area contributed by atoms with Gasteiger partial charge in [0.15, 0.2) is 6.61 Å². The van der Waals surface area contributed by atoms with Crippen molar-refractivity contribution < 1.29 is 23.8 Å². The van der Waals surface area contributed by atoms with E-state index in [9.17, 15) is 19.5 Å². The van der Waals surface area contributed by atoms with Crippen molar-refractivity contribution in [1.82, 2.24) is 15.2 Å². The van der Waals surface area contributed by atoms with E-state index in [1.54, 1.807) is 24.0 Å². The number of benzene rings is 2. The summed E-state index contributed by atoms with van der Waals surface area (Å²) in [5.41, 5.74) is 3.39. The third kappa shape index (κ3) is 4.43. The van der Waals surface area contributed by atoms with E-state index >= 15 is 0 Å². The van der Waals surface area contributed by atoms with Gasteiger partial charge in [0.1, 0.15) is 22.4 Å². The maximum Gasteiger partial charge on any atom is 0.355 e. The first kappa shape index (κ1) is 23.9. The summed E-state index contributed by atoms with van der Waals surface area (Å²) in [5.74, 6) is -0.633. The summed E-state index contributed by atoms with van der Waals surface area (Å²) < 4.78 is 10.7. The Morgan fingerprint density at radius 2 is 2.06 bits per heavy atom. The second kappa shape index (κ2) is 9.67. The van der Waals surface area contributed by atoms with Gasteiger partial charge in [0, 0.05) is 34.6 Å². The molecule has 0 saturated heterocycles. The summed E-state index contributed by atoms with van der Waals surface area (Å²) in [6.45, 7) is 1.64. The molecule has 1 aliphatic rings. The number of H-pyrrole nitrogens is 1. The third-order valence-electron chi connectivity index (χ3n) is 6.45. The van der Waals surface area contributed by atoms with E-state index in [0.717, 1.165) is 16.6 Å². The fourth-order valence-electron chi connectivity index (χ4n) is 4.57. The summed E-state index contributed by atoms with van der Waals surface area (Å²) in [7, 11) is 0. The minimum atomic E-state index is -1.09. The van der Waals surface area contributed by atoms with E-state index < -0.39 is 30.8 Å². The number of rotatable bonds is 6. The Balaban J connectivity index is 1.21. The van der Waals surface area contributed by atoms with Gasteiger partial charge in [-0.1, -0.05) is 29.8 Å². The summed E-state index contributed by atoms with van der Waals surface area (Å²) >= 11 is 5.94. The number of aromatic nitrogens is 1. The van der Waals surface area contributed by atoms with Crippen molar-refractivity contribution in [2.45, 2.75) is 25.9 Å². The van der Waals surface area contributed by atoms with Gasteiger partial charge in [-0.25, -0.2) is 4.79 Å². The number of halogens is 1. The van der Waals surface area contributed by atoms with Crippen molar-refractivity contribution in [3.05, 3.63) is 74.7 Å². The molecule has 1 aliphatic heterocycles. The third-order valence-corrected chi connectivity index (χ3v) is 6.89. The number of nitrogens with zero attached hydrogens (tertiary/aromatic N) is 1. The van der Waals surface area contributed by atoms with Crippen LogP contribution in [-0.4, -0.2) is 52.6 Å². The largest absolute Gasteiger partial charge is 0.484 e. The van der Waals surface area contributed by atoms with E-state index in [1.165, 1.54) is 11.6 Å². The summed E-state index contributed by atoms with van der Waals surface area (Å²) in [4.78, 5) is 42.3. The molecule has 0 fully saturated rings. The first-order chi connectivity index (χ1) is 17.4. The van der Waals surface area contributed by atoms with Gasteiger partial charge >= 0.3 is 5.63 Å². The predicted octanol–water partition coefficient (Wildman–Crippen LogP) is 2.68. The van der Waals surface area contributed by atoms with E-state index in [4.69, 9.17) is 20.8 Å². The van der Waals surface area contributed by atoms with Crippen molar-refractivity contribution in [2.75, 3.05) is 19.8 Å². The zero-order chi connectivity index (χ0) is 25.4. The Labute approximate surface area is 210 Å². The van der Waals surface area contributed by atoms with Crippen molar-refractivity contribution in [3.8, 4) is 5.75 Å². The Kier molecular flexibility index (Phi) is 6.42. The number of aromatic amines is 1. The zero-order valence-electron chi connectivity index (χ0n) is 19.5. The molecule has 5 rings (SSSR count). The summed E-state index contributed by atoms with van der Waals surface area (Å²) in [6.07, 6.45) is 0.684. The number of nitrogens with one attached hydrogen (secondary N) is 2. The lowest BCUT2D eigenvalue weighted by atomic mass is 10.0. The molecule has 10 heteroatoms. The van der Waals surface area contributed by atoms with Crippen LogP contribution in [0, 0.1) is 6.92 Å². The minimum absolute atomic E-state index is 0.0183. The number of aryl methyl sites for hydroxylation is 1. The van der Waals surface area contributed by atoms with Crippen LogP contribution in [0.4, 0.5) is 0 Å². The maximum atomic E-state index is 13.0. The topological polar surface area (TPSA) is 125 Å². The molecular weight excluding hydrogens is 486 g/mol. The quantitative estimate of drug-likeness (QED) is 0.343. The Bertz CT molecular complexity index is 1540. The summed E-state index contributed by atoms with van der Waals surface area (Å²) in [5, 5.41) is 14.2. The van der Waals surface area contributed by atoms with Crippen LogP contribution in [0.5, 0.6) is 5.75 Å². The second-order valence-corrected chi connectivity index (χ2v) is 9.09. The number of hydrogen-bond donors (Lipinski definition) is 3. The molecular formula is C26H24ClN3O6. The van der Waals surface area contributed by atoms with Crippen LogP contribution in [0.15, 0.2) is 51.7 Å². The number of aliphatic hydroxyl groups excluding tert-OH is 1. The number of hydrogen-bond acceptors (Lipinski definition) is 6. The second-order valence-electron chi connectivity index (χ2n) is 8.72. The van der Waals surface area contributed by atoms with Gasteiger partial charge < -0.3 is 29.5 Å². The molecule has 0 bridgehead atoms. The standard InChI is InChI=1S/C26H24ClN3O6/c1-14-16-7-6-15(10-22(16)36-26(34)24(14)27)35-13-23(32)29-21(12-31)25(33)30-9-8-18-17-4-2-3-5-19(17)28-20(18)11-30/h2-7,10,21,28,31H,8-9,11-13H2,1H3,(H,29,32)/t21-/m0/s1. The molecule has 1 atom stereocenters. The molecule has 9 nitrogen and oxygen atoms in total. The fourth-order valence-corrected chi connectivity index (χ4v) is 4.71. The SMILES string of the molecule is Cc1c(Cl)c(=O)oc2cc(OCC(=O)N[C@@H](CO)C(=O)N3CCc4c([nH]c5ccccc45)C3)ccc12. The molecule has 2 aromatic carbocycles. The molecule has 0 aliphatic carbocycles. The maximum absolute atomic E-state index is 13.0. The number of para-hydroxylation sites is 1. The Morgan fingerprint density at radius 1 is 1.25 bits per heavy atom. The number of aliphatic hydroxyl groups is 1. The molecule has 0 spiro atoms. The number of fused-ring (bicyclic) bond motifs is 4. The molecule has 3 N–H and O–H groups in total. The van der Waals surface area contributed by atoms with Crippen LogP contribution < -0.4 is 15.7 Å². The van der Waals surface area contributed by atoms with Gasteiger partial charge in [-0.15, -0.1) is 0 Å². The predicted molar refractivity (Wildman–Crippen MR) is 134 cm³/mol. The van der Waals surface area contributed by atoms with Crippen molar-refractivity contribution in [3.63, 3.8) is 0 Å². The number of ether oxygens (including phenoxy) is 1. The van der Waals surface area contributed by atoms with E-state index in [-0.39, 0.29) is 16.5 Å². The van der Waals surface area contributed by atoms with E-state index in [2.05, 4.69) is 16.4 Å². The highest BCUT2D eigenvalue weighted by Crippen LogP contribution is 2.28. The van der Waals surface area contributed by atoms with Crippen LogP contribution in [0.2, 0.25) is 5.02 Å². The van der Waals surface area contributed by atoms with Crippen molar-refractivity contribution >= 4 is 45.3 Å². The van der Waals surface area contributed by atoms with Crippen LogP contribution in [-0.2, 0) is 22.6 Å². The average Bonchev–Trinajstić information content (AvgIpc) is 3.26. The van der Waals surface area contributed by atoms with Gasteiger partial charge in [-0.05, 0) is 42.7 Å². The fraction of sp³-hybridized carbons (Fsp3) is 0.269. The Morgan fingerprint density at radius 3 is 2.86 bits per heavy atom. The highest BCUT2D eigenvalue weighted by molar-refractivity contribution is 6.31. The molecule has 0 saturated carbocycles. The monoisotopic (exact) mass is 509 g/mol. The lowest BCUT2D eigenvalue weighted by Crippen LogP contribution is -2.52. The molecule has 0 radical (unpaired) electrons. The molecule has 3 heterocycles. The van der Waals surface area contributed by atoms with Gasteiger partial charge in [0.2, 0.25) is 5.91 Å². The lowest BCUT2D eigenvalue weighted by molar-refractivity contribution is -0.138. The van der Waals surface area contributed by atoms with Crippen LogP contribution >= 0.6 is 11.6 Å². The van der Waals surface area contributed by atoms with E-state index in [0.29, 0.717) is 36.2 Å². The first-order valence-corrected chi connectivity index (χ1v) is 11.9. The zero-order valence-corrected chi connectivity index (χ0v) is 20.2. The highest BCUT2D eigenvalue weighted by Gasteiger charge is 2.29. The molecule has 0 unspecified atom stereocenters. The molecule has 2 aromatic heterocycles. The van der Waals surface area contributed by atoms with Gasteiger partial charge in [-0.3, -0.25) is 9.59 Å². The van der Waals surface area contributed by atoms with Crippen LogP contribution in [0.1, 0.15) is 16.8 Å². The highest BCUT2D eigenvalue weighted by atomic mass is 35.5. The van der Waals surface area contributed by atoms with E-state index in [1.807, 2.05) is 18.2 Å².